The summed E-state index contributed by atoms with van der Waals surface area (Å²) in [7, 11) is -2.76. The molecule has 0 spiro atoms. The second kappa shape index (κ2) is 8.56. The van der Waals surface area contributed by atoms with Crippen molar-refractivity contribution in [3.63, 3.8) is 0 Å². The van der Waals surface area contributed by atoms with Crippen LogP contribution in [0.15, 0.2) is 65.6 Å². The minimum atomic E-state index is -4.11. The van der Waals surface area contributed by atoms with Crippen LogP contribution in [0.3, 0.4) is 0 Å². The van der Waals surface area contributed by atoms with Crippen LogP contribution in [0.2, 0.25) is 5.02 Å². The molecule has 1 amide bonds. The van der Waals surface area contributed by atoms with E-state index in [0.717, 1.165) is 4.31 Å². The number of benzene rings is 3. The topological polar surface area (TPSA) is 94.2 Å². The third kappa shape index (κ3) is 4.27. The van der Waals surface area contributed by atoms with Gasteiger partial charge in [0, 0.05) is 16.8 Å². The number of rotatable bonds is 5. The van der Waals surface area contributed by atoms with Crippen LogP contribution in [0.5, 0.6) is 17.2 Å². The third-order valence-corrected chi connectivity index (χ3v) is 6.52. The monoisotopic (exact) mass is 478 g/mol. The largest absolute Gasteiger partial charge is 0.495 e. The first-order valence-electron chi connectivity index (χ1n) is 9.15. The molecule has 3 aromatic rings. The van der Waals surface area contributed by atoms with E-state index in [4.69, 9.17) is 25.8 Å². The van der Waals surface area contributed by atoms with E-state index >= 15 is 0 Å². The molecule has 1 heterocycles. The Balaban J connectivity index is 1.59. The summed E-state index contributed by atoms with van der Waals surface area (Å²) in [6.07, 6.45) is -0.832. The first kappa shape index (κ1) is 21.7. The van der Waals surface area contributed by atoms with Crippen LogP contribution in [-0.2, 0) is 10.0 Å². The number of nitrogens with one attached hydrogen (secondary N) is 1. The number of hydrogen-bond donors (Lipinski definition) is 1. The molecule has 1 aliphatic heterocycles. The summed E-state index contributed by atoms with van der Waals surface area (Å²) in [6, 6.07) is 13.7. The molecule has 166 valence electrons. The van der Waals surface area contributed by atoms with Crippen molar-refractivity contribution in [3.05, 3.63) is 71.5 Å². The average Bonchev–Trinajstić information content (AvgIpc) is 3.19. The van der Waals surface area contributed by atoms with Gasteiger partial charge in [-0.15, -0.1) is 0 Å². The summed E-state index contributed by atoms with van der Waals surface area (Å²) >= 11 is 5.99. The summed E-state index contributed by atoms with van der Waals surface area (Å²) in [4.78, 5) is 12.0. The number of carbonyl (C=O) groups excluding carboxylic acids is 1. The van der Waals surface area contributed by atoms with Gasteiger partial charge in [0.2, 0.25) is 0 Å². The predicted molar refractivity (Wildman–Crippen MR) is 116 cm³/mol. The number of carbonyl (C=O) groups is 1. The van der Waals surface area contributed by atoms with E-state index in [2.05, 4.69) is 5.32 Å². The van der Waals surface area contributed by atoms with Crippen molar-refractivity contribution in [2.75, 3.05) is 23.5 Å². The van der Waals surface area contributed by atoms with Crippen molar-refractivity contribution in [3.8, 4) is 17.2 Å². The Hall–Kier alpha value is -3.50. The molecular weight excluding hydrogens is 463 g/mol. The van der Waals surface area contributed by atoms with Gasteiger partial charge in [-0.3, -0.25) is 5.32 Å². The summed E-state index contributed by atoms with van der Waals surface area (Å²) in [6.45, 7) is -0.279. The van der Waals surface area contributed by atoms with Crippen LogP contribution in [0.1, 0.15) is 0 Å². The van der Waals surface area contributed by atoms with Gasteiger partial charge >= 0.3 is 6.09 Å². The van der Waals surface area contributed by atoms with Gasteiger partial charge in [-0.1, -0.05) is 11.6 Å². The van der Waals surface area contributed by atoms with Gasteiger partial charge < -0.3 is 14.2 Å². The highest BCUT2D eigenvalue weighted by Crippen LogP contribution is 2.41. The van der Waals surface area contributed by atoms with E-state index in [1.807, 2.05) is 0 Å². The van der Waals surface area contributed by atoms with Gasteiger partial charge in [0.25, 0.3) is 10.0 Å². The van der Waals surface area contributed by atoms with Gasteiger partial charge in [0.05, 0.1) is 7.11 Å². The fourth-order valence-corrected chi connectivity index (χ4v) is 4.78. The lowest BCUT2D eigenvalue weighted by Crippen LogP contribution is -2.30. The summed E-state index contributed by atoms with van der Waals surface area (Å²) in [5.41, 5.74) is 0.511. The second-order valence-electron chi connectivity index (χ2n) is 6.57. The molecule has 4 rings (SSSR count). The number of anilines is 2. The number of methoxy groups -OCH3 is 1. The fourth-order valence-electron chi connectivity index (χ4n) is 3.03. The second-order valence-corrected chi connectivity index (χ2v) is 8.84. The molecule has 0 aromatic heterocycles. The zero-order chi connectivity index (χ0) is 22.9. The minimum Gasteiger partial charge on any atom is -0.495 e. The predicted octanol–water partition coefficient (Wildman–Crippen LogP) is 4.64. The van der Waals surface area contributed by atoms with Gasteiger partial charge in [-0.25, -0.2) is 21.9 Å². The zero-order valence-electron chi connectivity index (χ0n) is 16.5. The molecule has 0 aliphatic carbocycles. The van der Waals surface area contributed by atoms with Crippen molar-refractivity contribution in [1.82, 2.24) is 0 Å². The number of halogens is 2. The first-order chi connectivity index (χ1) is 15.3. The molecule has 1 aliphatic rings. The average molecular weight is 479 g/mol. The van der Waals surface area contributed by atoms with E-state index in [-0.39, 0.29) is 33.8 Å². The fraction of sp³-hybridized carbons (Fsp3) is 0.0952. The highest BCUT2D eigenvalue weighted by Gasteiger charge is 2.35. The first-order valence-corrected chi connectivity index (χ1v) is 11.0. The zero-order valence-corrected chi connectivity index (χ0v) is 18.1. The molecule has 0 saturated carbocycles. The maximum atomic E-state index is 13.3. The quantitative estimate of drug-likeness (QED) is 0.574. The Morgan fingerprint density at radius 1 is 1.12 bits per heavy atom. The Bertz CT molecular complexity index is 1280. The molecule has 0 unspecified atom stereocenters. The van der Waals surface area contributed by atoms with Crippen molar-refractivity contribution < 1.29 is 31.8 Å². The smallest absolute Gasteiger partial charge is 0.417 e. The Morgan fingerprint density at radius 3 is 2.59 bits per heavy atom. The molecule has 1 N–H and O–H groups in total. The van der Waals surface area contributed by atoms with Gasteiger partial charge in [-0.05, 0) is 54.6 Å². The van der Waals surface area contributed by atoms with E-state index in [1.165, 1.54) is 67.8 Å². The number of sulfonamides is 1. The molecule has 32 heavy (non-hydrogen) atoms. The molecule has 11 heteroatoms. The Kier molecular flexibility index (Phi) is 5.81. The number of nitrogens with zero attached hydrogens (tertiary/aromatic N) is 1. The summed E-state index contributed by atoms with van der Waals surface area (Å²) < 4.78 is 56.5. The van der Waals surface area contributed by atoms with Crippen molar-refractivity contribution in [1.29, 1.82) is 0 Å². The SMILES string of the molecule is COc1ccc(Cl)cc1S(=O)(=O)N1COc2ccc(OC(=O)Nc3ccc(F)cc3)cc21. The number of amides is 1. The molecule has 3 aromatic carbocycles. The van der Waals surface area contributed by atoms with Gasteiger partial charge in [-0.2, -0.15) is 0 Å². The number of ether oxygens (including phenoxy) is 3. The molecular formula is C21H16ClFN2O6S. The maximum absolute atomic E-state index is 13.3. The van der Waals surface area contributed by atoms with E-state index in [0.29, 0.717) is 11.4 Å². The van der Waals surface area contributed by atoms with Crippen LogP contribution in [0.4, 0.5) is 20.6 Å². The van der Waals surface area contributed by atoms with Crippen LogP contribution < -0.4 is 23.8 Å². The third-order valence-electron chi connectivity index (χ3n) is 4.53. The van der Waals surface area contributed by atoms with Crippen molar-refractivity contribution in [2.45, 2.75) is 4.90 Å². The lowest BCUT2D eigenvalue weighted by atomic mass is 10.3. The molecule has 0 bridgehead atoms. The van der Waals surface area contributed by atoms with E-state index in [9.17, 15) is 17.6 Å². The molecule has 0 radical (unpaired) electrons. The standard InChI is InChI=1S/C21H16ClFN2O6S/c1-29-19-8-2-13(22)10-20(19)32(27,28)25-12-30-18-9-7-16(11-17(18)25)31-21(26)24-15-5-3-14(23)4-6-15/h2-11H,12H2,1H3,(H,24,26). The molecule has 8 nitrogen and oxygen atoms in total. The lowest BCUT2D eigenvalue weighted by Gasteiger charge is -2.19. The normalized spacial score (nSPS) is 12.7. The summed E-state index contributed by atoms with van der Waals surface area (Å²) in [5.74, 6) is 0.0436. The van der Waals surface area contributed by atoms with Crippen LogP contribution >= 0.6 is 11.6 Å². The minimum absolute atomic E-state index is 0.0760. The van der Waals surface area contributed by atoms with Crippen LogP contribution in [0.25, 0.3) is 0 Å². The summed E-state index contributed by atoms with van der Waals surface area (Å²) in [5, 5.41) is 2.67. The molecule has 0 atom stereocenters. The van der Waals surface area contributed by atoms with Crippen LogP contribution in [-0.4, -0.2) is 28.4 Å². The number of fused-ring (bicyclic) bond motifs is 1. The maximum Gasteiger partial charge on any atom is 0.417 e. The molecule has 0 saturated heterocycles. The van der Waals surface area contributed by atoms with E-state index < -0.39 is 21.9 Å². The van der Waals surface area contributed by atoms with Gasteiger partial charge in [0.15, 0.2) is 6.73 Å². The number of hydrogen-bond acceptors (Lipinski definition) is 6. The van der Waals surface area contributed by atoms with Gasteiger partial charge in [0.1, 0.15) is 33.6 Å². The lowest BCUT2D eigenvalue weighted by molar-refractivity contribution is 0.215. The van der Waals surface area contributed by atoms with Crippen molar-refractivity contribution in [2.24, 2.45) is 0 Å². The van der Waals surface area contributed by atoms with Crippen molar-refractivity contribution >= 4 is 39.1 Å². The molecule has 0 fully saturated rings. The van der Waals surface area contributed by atoms with E-state index in [1.54, 1.807) is 0 Å². The Labute approximate surface area is 188 Å². The highest BCUT2D eigenvalue weighted by molar-refractivity contribution is 7.93. The van der Waals surface area contributed by atoms with Crippen LogP contribution in [0, 0.1) is 5.82 Å². The Morgan fingerprint density at radius 2 is 1.88 bits per heavy atom. The highest BCUT2D eigenvalue weighted by atomic mass is 35.5.